The van der Waals surface area contributed by atoms with E-state index in [0.717, 1.165) is 34.0 Å². The molecule has 6 heterocycles. The van der Waals surface area contributed by atoms with Crippen molar-refractivity contribution < 1.29 is 32.2 Å². The van der Waals surface area contributed by atoms with Gasteiger partial charge in [0, 0.05) is 26.2 Å². The van der Waals surface area contributed by atoms with Crippen LogP contribution in [0.5, 0.6) is 5.75 Å². The molecule has 1 N–H and O–H groups in total. The highest BCUT2D eigenvalue weighted by Crippen LogP contribution is 2.34. The van der Waals surface area contributed by atoms with Gasteiger partial charge < -0.3 is 29.2 Å². The topological polar surface area (TPSA) is 167 Å². The molecule has 6 aromatic rings. The number of benzene rings is 2. The third-order valence-electron chi connectivity index (χ3n) is 10.1. The number of aryl methyl sites for hydroxylation is 1. The number of hydrogen-bond acceptors (Lipinski definition) is 11. The predicted octanol–water partition coefficient (Wildman–Crippen LogP) is 4.80. The maximum absolute atomic E-state index is 14.5. The van der Waals surface area contributed by atoms with E-state index >= 15 is 0 Å². The van der Waals surface area contributed by atoms with Gasteiger partial charge in [0.15, 0.2) is 11.4 Å². The number of nitrogens with one attached hydrogen (secondary N) is 1. The minimum atomic E-state index is -4.62. The van der Waals surface area contributed by atoms with E-state index in [2.05, 4.69) is 30.5 Å². The van der Waals surface area contributed by atoms with Crippen molar-refractivity contribution in [1.29, 1.82) is 0 Å². The first-order chi connectivity index (χ1) is 28.4. The zero-order valence-electron chi connectivity index (χ0n) is 31.9. The van der Waals surface area contributed by atoms with Crippen LogP contribution in [0.3, 0.4) is 0 Å². The third kappa shape index (κ3) is 7.94. The maximum atomic E-state index is 14.5. The van der Waals surface area contributed by atoms with Crippen molar-refractivity contribution in [3.63, 3.8) is 0 Å². The van der Waals surface area contributed by atoms with E-state index < -0.39 is 29.8 Å². The van der Waals surface area contributed by atoms with E-state index in [0.29, 0.717) is 36.8 Å². The van der Waals surface area contributed by atoms with Gasteiger partial charge in [-0.25, -0.2) is 9.97 Å². The van der Waals surface area contributed by atoms with Crippen LogP contribution >= 0.6 is 11.6 Å². The number of nitrogens with zero attached hydrogens (tertiary/aromatic N) is 10. The fourth-order valence-electron chi connectivity index (χ4n) is 7.17. The number of hydrogen-bond donors (Lipinski definition) is 1. The van der Waals surface area contributed by atoms with E-state index in [9.17, 15) is 27.6 Å². The maximum Gasteiger partial charge on any atom is 0.416 e. The van der Waals surface area contributed by atoms with Crippen LogP contribution in [0.25, 0.3) is 17.3 Å². The molecule has 2 aliphatic heterocycles. The Morgan fingerprint density at radius 1 is 1.00 bits per heavy atom. The second-order valence-corrected chi connectivity index (χ2v) is 14.3. The van der Waals surface area contributed by atoms with E-state index in [1.54, 1.807) is 27.1 Å². The van der Waals surface area contributed by atoms with Gasteiger partial charge in [-0.2, -0.15) is 27.8 Å². The number of rotatable bonds is 10. The third-order valence-corrected chi connectivity index (χ3v) is 10.4. The lowest BCUT2D eigenvalue weighted by atomic mass is 10.2. The van der Waals surface area contributed by atoms with Gasteiger partial charge in [0.05, 0.1) is 53.1 Å². The number of carbonyl (C=O) groups is 2. The fourth-order valence-corrected chi connectivity index (χ4v) is 7.39. The molecule has 306 valence electrons. The van der Waals surface area contributed by atoms with Gasteiger partial charge in [-0.15, -0.1) is 5.10 Å². The highest BCUT2D eigenvalue weighted by Gasteiger charge is 2.33. The molecule has 59 heavy (non-hydrogen) atoms. The summed E-state index contributed by atoms with van der Waals surface area (Å²) in [6, 6.07) is 13.9. The van der Waals surface area contributed by atoms with Crippen LogP contribution in [0.15, 0.2) is 65.7 Å². The summed E-state index contributed by atoms with van der Waals surface area (Å²) in [7, 11) is 0. The van der Waals surface area contributed by atoms with Gasteiger partial charge in [0.2, 0.25) is 17.5 Å². The van der Waals surface area contributed by atoms with Crippen LogP contribution in [0.4, 0.5) is 24.5 Å². The molecule has 4 aromatic heterocycles. The van der Waals surface area contributed by atoms with Crippen LogP contribution in [-0.2, 0) is 48.4 Å². The Labute approximate surface area is 339 Å². The van der Waals surface area contributed by atoms with E-state index in [1.807, 2.05) is 42.2 Å². The number of alkyl halides is 3. The monoisotopic (exact) mass is 831 g/mol. The second-order valence-electron chi connectivity index (χ2n) is 13.9. The first-order valence-corrected chi connectivity index (χ1v) is 19.1. The number of carbonyl (C=O) groups excluding carboxylic acids is 2. The molecule has 0 saturated carbocycles. The molecule has 0 unspecified atom stereocenters. The Bertz CT molecular complexity index is 2600. The normalized spacial score (nSPS) is 14.4. The molecular weight excluding hydrogens is 795 g/mol. The van der Waals surface area contributed by atoms with Crippen LogP contribution in [0.2, 0.25) is 5.02 Å². The first kappa shape index (κ1) is 39.5. The van der Waals surface area contributed by atoms with Crippen LogP contribution in [0.1, 0.15) is 45.6 Å². The molecule has 0 radical (unpaired) electrons. The quantitative estimate of drug-likeness (QED) is 0.202. The molecule has 0 atom stereocenters. The largest absolute Gasteiger partial charge is 0.485 e. The van der Waals surface area contributed by atoms with Gasteiger partial charge in [0.25, 0.3) is 11.5 Å². The summed E-state index contributed by atoms with van der Waals surface area (Å²) in [6.07, 6.45) is -3.03. The average Bonchev–Trinajstić information content (AvgIpc) is 3.88. The highest BCUT2D eigenvalue weighted by atomic mass is 35.5. The summed E-state index contributed by atoms with van der Waals surface area (Å²) < 4.78 is 56.0. The molecule has 0 bridgehead atoms. The Morgan fingerprint density at radius 2 is 1.78 bits per heavy atom. The van der Waals surface area contributed by atoms with Crippen molar-refractivity contribution in [3.8, 4) is 17.3 Å². The molecule has 2 aromatic carbocycles. The molecule has 0 spiro atoms. The first-order valence-electron chi connectivity index (χ1n) is 18.8. The lowest BCUT2D eigenvalue weighted by Gasteiger charge is -2.36. The zero-order chi connectivity index (χ0) is 41.4. The smallest absolute Gasteiger partial charge is 0.416 e. The zero-order valence-corrected chi connectivity index (χ0v) is 32.6. The van der Waals surface area contributed by atoms with Gasteiger partial charge in [-0.1, -0.05) is 48.9 Å². The van der Waals surface area contributed by atoms with Crippen LogP contribution in [-0.4, -0.2) is 88.4 Å². The minimum absolute atomic E-state index is 0.0266. The minimum Gasteiger partial charge on any atom is -0.485 e. The number of aromatic nitrogens is 8. The van der Waals surface area contributed by atoms with Crippen molar-refractivity contribution >= 4 is 40.6 Å². The summed E-state index contributed by atoms with van der Waals surface area (Å²) in [5.41, 5.74) is 1.99. The summed E-state index contributed by atoms with van der Waals surface area (Å²) in [4.78, 5) is 58.8. The second kappa shape index (κ2) is 16.1. The molecule has 1 fully saturated rings. The molecular formula is C39H37ClF3N11O5. The standard InChI is InChI=1S/C39H37ClF3N11O5/c1-3-30-33(50-11-13-51(14-12-50)36(56)32-34(23(2)44-22-45-32)59-20-24-7-5-4-6-8-24)37(57)54-38(47-35(49-54)29-18-26-21-58-16-15-53(26)48-29)52(30)19-31(55)46-28-10-9-25(17-27(28)40)39(41,42)43/h4-10,17-18,22H,3,11-16,19-21H2,1-2H3,(H,46,55). The van der Waals surface area contributed by atoms with Crippen molar-refractivity contribution in [2.45, 2.75) is 52.7 Å². The van der Waals surface area contributed by atoms with Crippen molar-refractivity contribution in [2.75, 3.05) is 43.0 Å². The van der Waals surface area contributed by atoms with Crippen molar-refractivity contribution in [2.24, 2.45) is 0 Å². The predicted molar refractivity (Wildman–Crippen MR) is 208 cm³/mol. The molecule has 2 aliphatic rings. The molecule has 0 aliphatic carbocycles. The van der Waals surface area contributed by atoms with Crippen molar-refractivity contribution in [3.05, 3.63) is 110 Å². The average molecular weight is 832 g/mol. The fraction of sp³-hybridized carbons (Fsp3) is 0.333. The number of fused-ring (bicyclic) bond motifs is 2. The van der Waals surface area contributed by atoms with Gasteiger partial charge in [0.1, 0.15) is 30.9 Å². The Morgan fingerprint density at radius 3 is 2.49 bits per heavy atom. The number of anilines is 2. The SMILES string of the molecule is CCc1c(N2CCN(C(=O)c3ncnc(C)c3OCc3ccccc3)CC2)c(=O)n2nc(-c3cc4n(n3)CCOC4)nc2n1CC(=O)Nc1ccc(C(F)(F)F)cc1Cl. The molecule has 8 rings (SSSR count). The molecule has 1 saturated heterocycles. The Hall–Kier alpha value is -6.34. The Balaban J connectivity index is 1.10. The van der Waals surface area contributed by atoms with Crippen molar-refractivity contribution in [1.82, 2.24) is 43.8 Å². The summed E-state index contributed by atoms with van der Waals surface area (Å²) in [6.45, 7) is 5.67. The summed E-state index contributed by atoms with van der Waals surface area (Å²) in [5, 5.41) is 11.5. The van der Waals surface area contributed by atoms with E-state index in [4.69, 9.17) is 21.1 Å². The summed E-state index contributed by atoms with van der Waals surface area (Å²) >= 11 is 6.17. The van der Waals surface area contributed by atoms with E-state index in [-0.39, 0.29) is 84.6 Å². The van der Waals surface area contributed by atoms with Crippen LogP contribution in [0, 0.1) is 6.92 Å². The number of piperazine rings is 1. The molecule has 2 amide bonds. The lowest BCUT2D eigenvalue weighted by molar-refractivity contribution is -0.137. The number of amides is 2. The van der Waals surface area contributed by atoms with Gasteiger partial charge in [-0.3, -0.25) is 19.1 Å². The molecule has 16 nitrogen and oxygen atoms in total. The summed E-state index contributed by atoms with van der Waals surface area (Å²) in [5.74, 6) is -0.511. The van der Waals surface area contributed by atoms with Gasteiger partial charge in [-0.05, 0) is 43.2 Å². The highest BCUT2D eigenvalue weighted by molar-refractivity contribution is 6.33. The van der Waals surface area contributed by atoms with E-state index in [1.165, 1.54) is 6.33 Å². The number of ether oxygens (including phenoxy) is 2. The number of halogens is 4. The van der Waals surface area contributed by atoms with Gasteiger partial charge >= 0.3 is 6.18 Å². The molecule has 20 heteroatoms. The lowest BCUT2D eigenvalue weighted by Crippen LogP contribution is -2.51. The Kier molecular flexibility index (Phi) is 10.8. The van der Waals surface area contributed by atoms with Crippen LogP contribution < -0.4 is 20.5 Å².